The first-order valence-electron chi connectivity index (χ1n) is 12.5. The number of halogens is 3. The van der Waals surface area contributed by atoms with E-state index in [1.807, 2.05) is 18.2 Å². The van der Waals surface area contributed by atoms with Gasteiger partial charge in [0.25, 0.3) is 5.91 Å². The average Bonchev–Trinajstić information content (AvgIpc) is 3.55. The lowest BCUT2D eigenvalue weighted by Crippen LogP contribution is -2.42. The number of ether oxygens (including phenoxy) is 1. The van der Waals surface area contributed by atoms with E-state index in [1.165, 1.54) is 23.1 Å². The molecule has 0 aliphatic carbocycles. The van der Waals surface area contributed by atoms with Crippen molar-refractivity contribution < 1.29 is 32.6 Å². The first kappa shape index (κ1) is 28.1. The Bertz CT molecular complexity index is 1310. The van der Waals surface area contributed by atoms with Gasteiger partial charge < -0.3 is 20.5 Å². The lowest BCUT2D eigenvalue weighted by atomic mass is 10.0. The van der Waals surface area contributed by atoms with Gasteiger partial charge >= 0.3 is 12.1 Å². The number of methoxy groups -OCH3 is 1. The molecule has 2 atom stereocenters. The number of nitrogens with one attached hydrogen (secondary N) is 2. The number of aliphatic carboxylic acids is 1. The Kier molecular flexibility index (Phi) is 8.88. The summed E-state index contributed by atoms with van der Waals surface area (Å²) < 4.78 is 36.9. The standard InChI is InChI=1S/C27H29N3O2.C2HF3O2/c1-32-26-10-4-9-23(13-26)27(31)29-15-19-5-2-7-21(11-19)22-8-3-6-20(12-22)17-30-18-24-14-25(30)16-28-24;3-2(4,5)1(6)7/h2-13,24-25,28H,14-18H2,1H3,(H,29,31);(H,6,7)/t24-,25+;/m0./s1. The summed E-state index contributed by atoms with van der Waals surface area (Å²) in [6, 6.07) is 25.8. The molecule has 5 rings (SSSR count). The Morgan fingerprint density at radius 3 is 2.26 bits per heavy atom. The van der Waals surface area contributed by atoms with E-state index in [1.54, 1.807) is 19.2 Å². The number of carbonyl (C=O) groups excluding carboxylic acids is 1. The number of nitrogens with zero attached hydrogens (tertiary/aromatic N) is 1. The molecule has 0 saturated carbocycles. The van der Waals surface area contributed by atoms with Crippen LogP contribution in [0.2, 0.25) is 0 Å². The fraction of sp³-hybridized carbons (Fsp3) is 0.310. The molecule has 2 bridgehead atoms. The number of carbonyl (C=O) groups is 2. The van der Waals surface area contributed by atoms with Gasteiger partial charge in [-0.25, -0.2) is 4.79 Å². The number of carboxylic acids is 1. The average molecular weight is 542 g/mol. The number of rotatable bonds is 7. The van der Waals surface area contributed by atoms with Crippen molar-refractivity contribution in [2.75, 3.05) is 20.2 Å². The van der Waals surface area contributed by atoms with E-state index in [4.69, 9.17) is 14.6 Å². The van der Waals surface area contributed by atoms with Crippen molar-refractivity contribution in [1.29, 1.82) is 0 Å². The van der Waals surface area contributed by atoms with Crippen LogP contribution in [0.5, 0.6) is 5.75 Å². The van der Waals surface area contributed by atoms with Crippen molar-refractivity contribution >= 4 is 11.9 Å². The smallest absolute Gasteiger partial charge is 0.490 e. The summed E-state index contributed by atoms with van der Waals surface area (Å²) in [6.07, 6.45) is -3.80. The second-order valence-corrected chi connectivity index (χ2v) is 9.54. The fourth-order valence-corrected chi connectivity index (χ4v) is 4.83. The summed E-state index contributed by atoms with van der Waals surface area (Å²) in [7, 11) is 1.60. The second-order valence-electron chi connectivity index (χ2n) is 9.54. The van der Waals surface area contributed by atoms with Crippen LogP contribution >= 0.6 is 0 Å². The maximum Gasteiger partial charge on any atom is 0.490 e. The zero-order valence-electron chi connectivity index (χ0n) is 21.4. The Labute approximate surface area is 224 Å². The molecular formula is C29H30F3N3O4. The van der Waals surface area contributed by atoms with Crippen LogP contribution in [0.1, 0.15) is 27.9 Å². The van der Waals surface area contributed by atoms with Gasteiger partial charge in [-0.15, -0.1) is 0 Å². The number of benzene rings is 3. The van der Waals surface area contributed by atoms with Crippen molar-refractivity contribution in [2.45, 2.75) is 37.8 Å². The van der Waals surface area contributed by atoms with Crippen molar-refractivity contribution in [3.8, 4) is 16.9 Å². The molecule has 1 amide bonds. The highest BCUT2D eigenvalue weighted by atomic mass is 19.4. The lowest BCUT2D eigenvalue weighted by Gasteiger charge is -2.27. The van der Waals surface area contributed by atoms with Crippen molar-refractivity contribution in [3.05, 3.63) is 89.5 Å². The molecule has 2 aliphatic heterocycles. The Hall–Kier alpha value is -3.89. The summed E-state index contributed by atoms with van der Waals surface area (Å²) in [5, 5.41) is 13.7. The fourth-order valence-electron chi connectivity index (χ4n) is 4.83. The molecule has 0 aromatic heterocycles. The van der Waals surface area contributed by atoms with Gasteiger partial charge in [0.15, 0.2) is 0 Å². The van der Waals surface area contributed by atoms with E-state index < -0.39 is 12.1 Å². The highest BCUT2D eigenvalue weighted by molar-refractivity contribution is 5.94. The minimum atomic E-state index is -5.08. The lowest BCUT2D eigenvalue weighted by molar-refractivity contribution is -0.192. The molecule has 2 heterocycles. The van der Waals surface area contributed by atoms with Crippen LogP contribution in [-0.2, 0) is 17.9 Å². The number of amides is 1. The normalized spacial score (nSPS) is 18.3. The topological polar surface area (TPSA) is 90.9 Å². The highest BCUT2D eigenvalue weighted by Crippen LogP contribution is 2.27. The number of hydrogen-bond acceptors (Lipinski definition) is 5. The number of hydrogen-bond donors (Lipinski definition) is 3. The summed E-state index contributed by atoms with van der Waals surface area (Å²) in [6.45, 7) is 3.76. The van der Waals surface area contributed by atoms with E-state index >= 15 is 0 Å². The molecule has 0 unspecified atom stereocenters. The third kappa shape index (κ3) is 7.58. The van der Waals surface area contributed by atoms with E-state index in [9.17, 15) is 18.0 Å². The molecule has 3 aromatic rings. The van der Waals surface area contributed by atoms with Gasteiger partial charge in [-0.1, -0.05) is 42.5 Å². The largest absolute Gasteiger partial charge is 0.497 e. The predicted octanol–water partition coefficient (Wildman–Crippen LogP) is 4.47. The molecule has 7 nitrogen and oxygen atoms in total. The van der Waals surface area contributed by atoms with Gasteiger partial charge in [-0.2, -0.15) is 13.2 Å². The van der Waals surface area contributed by atoms with Crippen molar-refractivity contribution in [1.82, 2.24) is 15.5 Å². The molecule has 3 N–H and O–H groups in total. The van der Waals surface area contributed by atoms with Crippen LogP contribution in [0.15, 0.2) is 72.8 Å². The minimum Gasteiger partial charge on any atom is -0.497 e. The van der Waals surface area contributed by atoms with Crippen molar-refractivity contribution in [3.63, 3.8) is 0 Å². The Morgan fingerprint density at radius 2 is 1.67 bits per heavy atom. The Balaban J connectivity index is 0.000000448. The summed E-state index contributed by atoms with van der Waals surface area (Å²) in [4.78, 5) is 24.0. The molecule has 39 heavy (non-hydrogen) atoms. The first-order valence-corrected chi connectivity index (χ1v) is 12.5. The van der Waals surface area contributed by atoms with Gasteiger partial charge in [0.05, 0.1) is 7.11 Å². The van der Waals surface area contributed by atoms with E-state index in [-0.39, 0.29) is 5.91 Å². The molecule has 2 aliphatic rings. The van der Waals surface area contributed by atoms with Crippen LogP contribution in [-0.4, -0.2) is 60.3 Å². The van der Waals surface area contributed by atoms with Crippen LogP contribution < -0.4 is 15.4 Å². The number of piperazine rings is 1. The maximum atomic E-state index is 12.5. The van der Waals surface area contributed by atoms with E-state index in [0.29, 0.717) is 29.9 Å². The van der Waals surface area contributed by atoms with Gasteiger partial charge in [0.2, 0.25) is 0 Å². The molecule has 0 radical (unpaired) electrons. The first-order chi connectivity index (χ1) is 18.6. The number of likely N-dealkylation sites (tertiary alicyclic amines) is 1. The number of carboxylic acid groups (broad SMARTS) is 1. The number of fused-ring (bicyclic) bond motifs is 2. The molecule has 2 fully saturated rings. The zero-order chi connectivity index (χ0) is 28.0. The van der Waals surface area contributed by atoms with Gasteiger partial charge in [0.1, 0.15) is 5.75 Å². The molecule has 2 saturated heterocycles. The van der Waals surface area contributed by atoms with Gasteiger partial charge in [-0.3, -0.25) is 9.69 Å². The third-order valence-corrected chi connectivity index (χ3v) is 6.77. The molecule has 0 spiro atoms. The van der Waals surface area contributed by atoms with Gasteiger partial charge in [0, 0.05) is 43.8 Å². The SMILES string of the molecule is COc1cccc(C(=O)NCc2cccc(-c3cccc(CN4C[C@@H]5C[C@@H]4CN5)c3)c2)c1.O=C(O)C(F)(F)F. The quantitative estimate of drug-likeness (QED) is 0.409. The Morgan fingerprint density at radius 1 is 1.03 bits per heavy atom. The second kappa shape index (κ2) is 12.3. The highest BCUT2D eigenvalue weighted by Gasteiger charge is 2.38. The summed E-state index contributed by atoms with van der Waals surface area (Å²) >= 11 is 0. The van der Waals surface area contributed by atoms with E-state index in [2.05, 4.69) is 58.0 Å². The maximum absolute atomic E-state index is 12.5. The van der Waals surface area contributed by atoms with E-state index in [0.717, 1.165) is 25.2 Å². The molecule has 10 heteroatoms. The van der Waals surface area contributed by atoms with Crippen LogP contribution in [0.4, 0.5) is 13.2 Å². The monoisotopic (exact) mass is 541 g/mol. The molecular weight excluding hydrogens is 511 g/mol. The zero-order valence-corrected chi connectivity index (χ0v) is 21.4. The summed E-state index contributed by atoms with van der Waals surface area (Å²) in [5.74, 6) is -2.18. The number of alkyl halides is 3. The van der Waals surface area contributed by atoms with Crippen LogP contribution in [0.3, 0.4) is 0 Å². The predicted molar refractivity (Wildman–Crippen MR) is 140 cm³/mol. The molecule has 3 aromatic carbocycles. The molecule has 206 valence electrons. The third-order valence-electron chi connectivity index (χ3n) is 6.77. The minimum absolute atomic E-state index is 0.106. The van der Waals surface area contributed by atoms with Crippen LogP contribution in [0, 0.1) is 0 Å². The van der Waals surface area contributed by atoms with Gasteiger partial charge in [-0.05, 0) is 59.0 Å². The summed E-state index contributed by atoms with van der Waals surface area (Å²) in [5.41, 5.74) is 5.41. The van der Waals surface area contributed by atoms with Crippen LogP contribution in [0.25, 0.3) is 11.1 Å². The van der Waals surface area contributed by atoms with Crippen molar-refractivity contribution in [2.24, 2.45) is 0 Å².